The molecule has 112 valence electrons. The van der Waals surface area contributed by atoms with E-state index in [0.717, 1.165) is 5.56 Å². The third kappa shape index (κ3) is 2.79. The molecule has 2 aromatic carbocycles. The number of ether oxygens (including phenoxy) is 1. The van der Waals surface area contributed by atoms with Gasteiger partial charge in [0, 0.05) is 0 Å². The number of benzene rings is 2. The van der Waals surface area contributed by atoms with Crippen molar-refractivity contribution in [1.82, 2.24) is 4.90 Å². The van der Waals surface area contributed by atoms with Crippen LogP contribution >= 0.6 is 0 Å². The van der Waals surface area contributed by atoms with Crippen molar-refractivity contribution in [1.29, 1.82) is 0 Å². The zero-order chi connectivity index (χ0) is 15.5. The molecular formula is C17H15NO4. The Balaban J connectivity index is 2.01. The molecule has 1 amide bonds. The van der Waals surface area contributed by atoms with Gasteiger partial charge in [-0.3, -0.25) is 9.59 Å². The van der Waals surface area contributed by atoms with Gasteiger partial charge in [0.2, 0.25) is 0 Å². The van der Waals surface area contributed by atoms with E-state index in [2.05, 4.69) is 0 Å². The molecule has 1 aliphatic heterocycles. The standard InChI is InChI=1S/C17H15NO4/c19-16(20)11-18-10-15(12-6-2-1-3-7-12)22-14-9-5-4-8-13(14)17(18)21/h1-9,15H,10-11H2,(H,19,20). The Morgan fingerprint density at radius 3 is 2.55 bits per heavy atom. The molecule has 22 heavy (non-hydrogen) atoms. The van der Waals surface area contributed by atoms with Crippen LogP contribution in [0.3, 0.4) is 0 Å². The van der Waals surface area contributed by atoms with E-state index in [1.807, 2.05) is 30.3 Å². The predicted octanol–water partition coefficient (Wildman–Crippen LogP) is 2.35. The van der Waals surface area contributed by atoms with Gasteiger partial charge in [-0.15, -0.1) is 0 Å². The molecule has 1 unspecified atom stereocenters. The molecule has 1 atom stereocenters. The molecule has 0 fully saturated rings. The Bertz CT molecular complexity index is 699. The van der Waals surface area contributed by atoms with E-state index < -0.39 is 12.1 Å². The first-order valence-electron chi connectivity index (χ1n) is 6.97. The smallest absolute Gasteiger partial charge is 0.323 e. The number of hydrogen-bond donors (Lipinski definition) is 1. The lowest BCUT2D eigenvalue weighted by molar-refractivity contribution is -0.137. The molecule has 0 spiro atoms. The summed E-state index contributed by atoms with van der Waals surface area (Å²) >= 11 is 0. The number of amides is 1. The lowest BCUT2D eigenvalue weighted by Gasteiger charge is -2.23. The molecule has 1 N–H and O–H groups in total. The van der Waals surface area contributed by atoms with Gasteiger partial charge in [0.05, 0.1) is 12.1 Å². The monoisotopic (exact) mass is 297 g/mol. The average Bonchev–Trinajstić information content (AvgIpc) is 2.66. The van der Waals surface area contributed by atoms with Crippen LogP contribution in [-0.2, 0) is 4.79 Å². The SMILES string of the molecule is O=C(O)CN1CC(c2ccccc2)Oc2ccccc2C1=O. The Labute approximate surface area is 127 Å². The summed E-state index contributed by atoms with van der Waals surface area (Å²) in [6.07, 6.45) is -0.395. The molecule has 0 saturated carbocycles. The summed E-state index contributed by atoms with van der Waals surface area (Å²) in [6, 6.07) is 16.4. The Morgan fingerprint density at radius 2 is 1.82 bits per heavy atom. The summed E-state index contributed by atoms with van der Waals surface area (Å²) in [5.41, 5.74) is 1.30. The highest BCUT2D eigenvalue weighted by atomic mass is 16.5. The summed E-state index contributed by atoms with van der Waals surface area (Å²) < 4.78 is 5.97. The maximum Gasteiger partial charge on any atom is 0.323 e. The van der Waals surface area contributed by atoms with Crippen molar-refractivity contribution in [3.63, 3.8) is 0 Å². The minimum Gasteiger partial charge on any atom is -0.483 e. The molecule has 2 aromatic rings. The van der Waals surface area contributed by atoms with E-state index in [-0.39, 0.29) is 19.0 Å². The molecule has 0 saturated heterocycles. The molecule has 5 heteroatoms. The van der Waals surface area contributed by atoms with Crippen LogP contribution in [0, 0.1) is 0 Å². The van der Waals surface area contributed by atoms with Crippen LogP contribution in [0.15, 0.2) is 54.6 Å². The fourth-order valence-corrected chi connectivity index (χ4v) is 2.53. The van der Waals surface area contributed by atoms with Crippen molar-refractivity contribution in [2.75, 3.05) is 13.1 Å². The van der Waals surface area contributed by atoms with Gasteiger partial charge < -0.3 is 14.7 Å². The van der Waals surface area contributed by atoms with E-state index in [4.69, 9.17) is 9.84 Å². The number of carboxylic acids is 1. The highest BCUT2D eigenvalue weighted by Crippen LogP contribution is 2.30. The maximum absolute atomic E-state index is 12.5. The minimum absolute atomic E-state index is 0.198. The maximum atomic E-state index is 12.5. The normalized spacial score (nSPS) is 17.4. The number of rotatable bonds is 3. The molecule has 1 aliphatic rings. The average molecular weight is 297 g/mol. The Morgan fingerprint density at radius 1 is 1.14 bits per heavy atom. The first kappa shape index (κ1) is 14.1. The first-order chi connectivity index (χ1) is 10.6. The minimum atomic E-state index is -1.04. The van der Waals surface area contributed by atoms with E-state index in [0.29, 0.717) is 11.3 Å². The number of carbonyl (C=O) groups is 2. The fourth-order valence-electron chi connectivity index (χ4n) is 2.53. The first-order valence-corrected chi connectivity index (χ1v) is 6.97. The number of nitrogens with zero attached hydrogens (tertiary/aromatic N) is 1. The number of aliphatic carboxylic acids is 1. The van der Waals surface area contributed by atoms with Crippen molar-refractivity contribution in [3.8, 4) is 5.75 Å². The van der Waals surface area contributed by atoms with Crippen LogP contribution in [0.25, 0.3) is 0 Å². The van der Waals surface area contributed by atoms with Gasteiger partial charge in [0.25, 0.3) is 5.91 Å². The number of para-hydroxylation sites is 1. The molecule has 3 rings (SSSR count). The molecule has 0 aromatic heterocycles. The largest absolute Gasteiger partial charge is 0.483 e. The van der Waals surface area contributed by atoms with Crippen molar-refractivity contribution < 1.29 is 19.4 Å². The van der Waals surface area contributed by atoms with Crippen LogP contribution in [0.4, 0.5) is 0 Å². The third-order valence-corrected chi connectivity index (χ3v) is 3.56. The lowest BCUT2D eigenvalue weighted by atomic mass is 10.1. The quantitative estimate of drug-likeness (QED) is 0.944. The highest BCUT2D eigenvalue weighted by molar-refractivity contribution is 5.98. The predicted molar refractivity (Wildman–Crippen MR) is 79.8 cm³/mol. The van der Waals surface area contributed by atoms with Gasteiger partial charge in [-0.25, -0.2) is 0 Å². The van der Waals surface area contributed by atoms with E-state index in [1.165, 1.54) is 4.90 Å². The van der Waals surface area contributed by atoms with Crippen LogP contribution < -0.4 is 4.74 Å². The van der Waals surface area contributed by atoms with E-state index >= 15 is 0 Å². The molecule has 0 radical (unpaired) electrons. The Kier molecular flexibility index (Phi) is 3.78. The zero-order valence-electron chi connectivity index (χ0n) is 11.8. The molecule has 0 bridgehead atoms. The van der Waals surface area contributed by atoms with Crippen molar-refractivity contribution in [3.05, 3.63) is 65.7 Å². The van der Waals surface area contributed by atoms with Crippen LogP contribution in [0.5, 0.6) is 5.75 Å². The van der Waals surface area contributed by atoms with E-state index in [1.54, 1.807) is 24.3 Å². The summed E-state index contributed by atoms with van der Waals surface area (Å²) in [5.74, 6) is -0.884. The topological polar surface area (TPSA) is 66.8 Å². The highest BCUT2D eigenvalue weighted by Gasteiger charge is 2.30. The molecule has 1 heterocycles. The van der Waals surface area contributed by atoms with Crippen molar-refractivity contribution >= 4 is 11.9 Å². The fraction of sp³-hybridized carbons (Fsp3) is 0.176. The summed E-state index contributed by atoms with van der Waals surface area (Å²) in [6.45, 7) is -0.149. The summed E-state index contributed by atoms with van der Waals surface area (Å²) in [4.78, 5) is 24.9. The number of carboxylic acid groups (broad SMARTS) is 1. The number of carbonyl (C=O) groups excluding carboxylic acids is 1. The van der Waals surface area contributed by atoms with Crippen LogP contribution in [0.1, 0.15) is 22.0 Å². The second-order valence-electron chi connectivity index (χ2n) is 5.09. The van der Waals surface area contributed by atoms with Crippen molar-refractivity contribution in [2.45, 2.75) is 6.10 Å². The second kappa shape index (κ2) is 5.89. The van der Waals surface area contributed by atoms with Gasteiger partial charge in [-0.1, -0.05) is 42.5 Å². The van der Waals surface area contributed by atoms with Gasteiger partial charge in [0.1, 0.15) is 18.4 Å². The lowest BCUT2D eigenvalue weighted by Crippen LogP contribution is -2.37. The van der Waals surface area contributed by atoms with Crippen LogP contribution in [0.2, 0.25) is 0 Å². The number of fused-ring (bicyclic) bond motifs is 1. The Hall–Kier alpha value is -2.82. The van der Waals surface area contributed by atoms with Gasteiger partial charge in [-0.05, 0) is 17.7 Å². The molecule has 5 nitrogen and oxygen atoms in total. The van der Waals surface area contributed by atoms with Crippen LogP contribution in [-0.4, -0.2) is 35.0 Å². The summed E-state index contributed by atoms with van der Waals surface area (Å²) in [7, 11) is 0. The van der Waals surface area contributed by atoms with Gasteiger partial charge in [-0.2, -0.15) is 0 Å². The second-order valence-corrected chi connectivity index (χ2v) is 5.09. The molecular weight excluding hydrogens is 282 g/mol. The van der Waals surface area contributed by atoms with E-state index in [9.17, 15) is 9.59 Å². The van der Waals surface area contributed by atoms with Gasteiger partial charge >= 0.3 is 5.97 Å². The third-order valence-electron chi connectivity index (χ3n) is 3.56. The molecule has 0 aliphatic carbocycles. The van der Waals surface area contributed by atoms with Gasteiger partial charge in [0.15, 0.2) is 0 Å². The van der Waals surface area contributed by atoms with Crippen molar-refractivity contribution in [2.24, 2.45) is 0 Å². The zero-order valence-corrected chi connectivity index (χ0v) is 11.8. The number of hydrogen-bond acceptors (Lipinski definition) is 3. The summed E-state index contributed by atoms with van der Waals surface area (Å²) in [5, 5.41) is 9.05.